The number of anilines is 1. The minimum absolute atomic E-state index is 0.0394. The zero-order valence-corrected chi connectivity index (χ0v) is 18.1. The van der Waals surface area contributed by atoms with E-state index in [1.807, 2.05) is 0 Å². The lowest BCUT2D eigenvalue weighted by Crippen LogP contribution is -2.73. The maximum atomic E-state index is 13.0. The summed E-state index contributed by atoms with van der Waals surface area (Å²) in [5.41, 5.74) is 3.54. The highest BCUT2D eigenvalue weighted by atomic mass is 32.2. The summed E-state index contributed by atoms with van der Waals surface area (Å²) in [7, 11) is -4.91. The summed E-state index contributed by atoms with van der Waals surface area (Å²) in [6, 6.07) is -2.62. The summed E-state index contributed by atoms with van der Waals surface area (Å²) in [6.07, 6.45) is 2.80. The molecule has 176 valence electrons. The number of nitrogen functional groups attached to an aromatic ring is 1. The number of rotatable bonds is 9. The van der Waals surface area contributed by atoms with E-state index in [1.54, 1.807) is 0 Å². The lowest BCUT2D eigenvalue weighted by atomic mass is 9.98. The van der Waals surface area contributed by atoms with Crippen LogP contribution < -0.4 is 11.1 Å². The number of nitrogens with zero attached hydrogens (tertiary/aromatic N) is 6. The number of nitrogens with one attached hydrogen (secondary N) is 1. The van der Waals surface area contributed by atoms with Crippen LogP contribution >= 0.6 is 11.3 Å². The molecule has 0 aromatic carbocycles. The van der Waals surface area contributed by atoms with E-state index >= 15 is 0 Å². The van der Waals surface area contributed by atoms with Crippen molar-refractivity contribution in [2.75, 3.05) is 5.73 Å². The fraction of sp³-hybridized carbons (Fsp3) is 0.400. The van der Waals surface area contributed by atoms with Crippen LogP contribution in [0.1, 0.15) is 18.5 Å². The fourth-order valence-corrected chi connectivity index (χ4v) is 4.48. The molecule has 2 aliphatic rings. The monoisotopic (exact) mass is 500 g/mol. The van der Waals surface area contributed by atoms with Gasteiger partial charge in [-0.3, -0.25) is 18.8 Å². The molecule has 2 atom stereocenters. The number of hydrogen-bond acceptors (Lipinski definition) is 12. The van der Waals surface area contributed by atoms with Crippen LogP contribution in [0.3, 0.4) is 0 Å². The van der Waals surface area contributed by atoms with Crippen LogP contribution in [-0.4, -0.2) is 83.3 Å². The molecule has 1 saturated carbocycles. The molecule has 1 aliphatic carbocycles. The first-order chi connectivity index (χ1) is 15.5. The minimum atomic E-state index is -4.91. The van der Waals surface area contributed by atoms with E-state index in [1.165, 1.54) is 22.7 Å². The van der Waals surface area contributed by atoms with Crippen LogP contribution in [0.5, 0.6) is 0 Å². The molecule has 0 unspecified atom stereocenters. The van der Waals surface area contributed by atoms with Gasteiger partial charge in [0, 0.05) is 18.2 Å². The van der Waals surface area contributed by atoms with Crippen LogP contribution in [-0.2, 0) is 36.1 Å². The predicted octanol–water partition coefficient (Wildman–Crippen LogP) is -2.15. The first-order valence-corrected chi connectivity index (χ1v) is 11.4. The summed E-state index contributed by atoms with van der Waals surface area (Å²) in [5, 5.41) is 20.5. The fourth-order valence-electron chi connectivity index (χ4n) is 3.06. The second-order valence-corrected chi connectivity index (χ2v) is 9.33. The van der Waals surface area contributed by atoms with Gasteiger partial charge in [0.2, 0.25) is 5.60 Å². The van der Waals surface area contributed by atoms with Gasteiger partial charge in [-0.1, -0.05) is 5.16 Å². The number of aliphatic carboxylic acids is 1. The van der Waals surface area contributed by atoms with Crippen molar-refractivity contribution in [2.24, 2.45) is 5.16 Å². The number of carbonyl (C=O) groups is 3. The molecule has 33 heavy (non-hydrogen) atoms. The third kappa shape index (κ3) is 4.34. The van der Waals surface area contributed by atoms with Crippen molar-refractivity contribution >= 4 is 50.3 Å². The van der Waals surface area contributed by atoms with Gasteiger partial charge in [0.05, 0.1) is 12.6 Å². The number of amides is 2. The SMILES string of the molecule is Nc1nc(/C(=N\OC2(C(=O)O)CC2)C(=O)N[C@@H]2C(=O)N(S(=O)(=O)O)[C@@H]2Cn2cncn2)cs1. The highest BCUT2D eigenvalue weighted by Crippen LogP contribution is 2.40. The Kier molecular flexibility index (Phi) is 5.50. The lowest BCUT2D eigenvalue weighted by molar-refractivity contribution is -0.153. The second-order valence-electron chi connectivity index (χ2n) is 7.15. The van der Waals surface area contributed by atoms with Crippen LogP contribution in [0.15, 0.2) is 23.2 Å². The Morgan fingerprint density at radius 2 is 2.15 bits per heavy atom. The molecule has 18 heteroatoms. The van der Waals surface area contributed by atoms with E-state index in [2.05, 4.69) is 25.5 Å². The zero-order valence-electron chi connectivity index (χ0n) is 16.4. The Morgan fingerprint density at radius 1 is 1.42 bits per heavy atom. The molecule has 2 aromatic rings. The molecule has 4 rings (SSSR count). The van der Waals surface area contributed by atoms with E-state index in [-0.39, 0.29) is 34.5 Å². The third-order valence-electron chi connectivity index (χ3n) is 4.93. The molecule has 1 saturated heterocycles. The topological polar surface area (TPSA) is 232 Å². The molecule has 0 bridgehead atoms. The van der Waals surface area contributed by atoms with Gasteiger partial charge in [-0.25, -0.2) is 19.1 Å². The van der Waals surface area contributed by atoms with Gasteiger partial charge in [0.15, 0.2) is 10.8 Å². The van der Waals surface area contributed by atoms with Crippen molar-refractivity contribution < 1.29 is 37.3 Å². The van der Waals surface area contributed by atoms with Crippen molar-refractivity contribution in [3.05, 3.63) is 23.7 Å². The highest BCUT2D eigenvalue weighted by molar-refractivity contribution is 7.84. The van der Waals surface area contributed by atoms with E-state index in [4.69, 9.17) is 10.6 Å². The molecule has 2 aromatic heterocycles. The average molecular weight is 500 g/mol. The van der Waals surface area contributed by atoms with Crippen LogP contribution in [0.4, 0.5) is 5.13 Å². The molecule has 2 fully saturated rings. The normalized spacial score (nSPS) is 21.9. The maximum Gasteiger partial charge on any atom is 0.362 e. The Morgan fingerprint density at radius 3 is 2.67 bits per heavy atom. The highest BCUT2D eigenvalue weighted by Gasteiger charge is 2.56. The number of carboxylic acids is 1. The number of aromatic nitrogens is 4. The third-order valence-corrected chi connectivity index (χ3v) is 6.55. The first kappa shape index (κ1) is 22.6. The summed E-state index contributed by atoms with van der Waals surface area (Å²) >= 11 is 0.980. The summed E-state index contributed by atoms with van der Waals surface area (Å²) < 4.78 is 34.0. The second kappa shape index (κ2) is 8.05. The lowest BCUT2D eigenvalue weighted by Gasteiger charge is -2.43. The van der Waals surface area contributed by atoms with Crippen LogP contribution in [0, 0.1) is 0 Å². The maximum absolute atomic E-state index is 13.0. The number of hydrogen-bond donors (Lipinski definition) is 4. The number of carboxylic acid groups (broad SMARTS) is 1. The number of oxime groups is 1. The summed E-state index contributed by atoms with van der Waals surface area (Å²) in [4.78, 5) is 49.4. The van der Waals surface area contributed by atoms with Crippen LogP contribution in [0.25, 0.3) is 0 Å². The van der Waals surface area contributed by atoms with Crippen molar-refractivity contribution in [3.63, 3.8) is 0 Å². The van der Waals surface area contributed by atoms with E-state index in [0.717, 1.165) is 11.3 Å². The molecule has 1 aliphatic heterocycles. The minimum Gasteiger partial charge on any atom is -0.478 e. The molecular weight excluding hydrogens is 484 g/mol. The average Bonchev–Trinajstić information content (AvgIpc) is 3.12. The van der Waals surface area contributed by atoms with Crippen molar-refractivity contribution in [1.82, 2.24) is 29.4 Å². The quantitative estimate of drug-likeness (QED) is 0.125. The Hall–Kier alpha value is -3.64. The molecule has 16 nitrogen and oxygen atoms in total. The van der Waals surface area contributed by atoms with Gasteiger partial charge in [-0.2, -0.15) is 13.5 Å². The van der Waals surface area contributed by atoms with Crippen LogP contribution in [0.2, 0.25) is 0 Å². The molecule has 2 amide bonds. The largest absolute Gasteiger partial charge is 0.478 e. The van der Waals surface area contributed by atoms with Gasteiger partial charge >= 0.3 is 16.3 Å². The Labute approximate surface area is 188 Å². The molecule has 0 spiro atoms. The summed E-state index contributed by atoms with van der Waals surface area (Å²) in [5.74, 6) is -3.36. The van der Waals surface area contributed by atoms with Crippen molar-refractivity contribution in [2.45, 2.75) is 37.1 Å². The number of nitrogens with two attached hydrogens (primary N) is 1. The van der Waals surface area contributed by atoms with Crippen molar-refractivity contribution in [1.29, 1.82) is 0 Å². The number of β-lactam (4-membered cyclic amide) rings is 1. The van der Waals surface area contributed by atoms with E-state index in [0.29, 0.717) is 0 Å². The first-order valence-electron chi connectivity index (χ1n) is 9.17. The standard InChI is InChI=1S/C15H16N8O8S2/c16-14-19-7(4-32-14)9(21-31-15(1-2-15)13(26)27)11(24)20-10-8(3-22-6-17-5-18-22)23(12(10)25)33(28,29)30/h4-6,8,10H,1-3H2,(H2,16,19)(H,20,24)(H,26,27)(H,28,29,30)/b21-9+/t8-,10+/m1/s1. The van der Waals surface area contributed by atoms with Gasteiger partial charge in [-0.05, 0) is 0 Å². The van der Waals surface area contributed by atoms with E-state index in [9.17, 15) is 32.5 Å². The zero-order chi connectivity index (χ0) is 24.0. The Bertz CT molecular complexity index is 1240. The smallest absolute Gasteiger partial charge is 0.362 e. The number of thiazole rings is 1. The van der Waals surface area contributed by atoms with Crippen molar-refractivity contribution in [3.8, 4) is 0 Å². The Balaban J connectivity index is 1.58. The van der Waals surface area contributed by atoms with E-state index < -0.39 is 51.5 Å². The molecule has 0 radical (unpaired) electrons. The van der Waals surface area contributed by atoms with Gasteiger partial charge in [-0.15, -0.1) is 11.3 Å². The van der Waals surface area contributed by atoms with Gasteiger partial charge in [0.1, 0.15) is 24.4 Å². The molecule has 3 heterocycles. The molecular formula is C15H16N8O8S2. The molecule has 5 N–H and O–H groups in total. The summed E-state index contributed by atoms with van der Waals surface area (Å²) in [6.45, 7) is -0.217. The predicted molar refractivity (Wildman–Crippen MR) is 108 cm³/mol. The number of carbonyl (C=O) groups excluding carboxylic acids is 2. The van der Waals surface area contributed by atoms with Gasteiger partial charge < -0.3 is 21.0 Å². The van der Waals surface area contributed by atoms with Gasteiger partial charge in [0.25, 0.3) is 11.8 Å².